The summed E-state index contributed by atoms with van der Waals surface area (Å²) in [5.41, 5.74) is 4.58. The van der Waals surface area contributed by atoms with Gasteiger partial charge in [0.1, 0.15) is 5.75 Å². The van der Waals surface area contributed by atoms with Crippen molar-refractivity contribution in [1.82, 2.24) is 5.43 Å². The lowest BCUT2D eigenvalue weighted by atomic mass is 10.1. The molecule has 0 aliphatic heterocycles. The molecule has 0 bridgehead atoms. The Labute approximate surface area is 166 Å². The molecule has 0 radical (unpaired) electrons. The number of hydrogen-bond acceptors (Lipinski definition) is 3. The number of rotatable bonds is 8. The summed E-state index contributed by atoms with van der Waals surface area (Å²) in [5, 5.41) is 6.60. The summed E-state index contributed by atoms with van der Waals surface area (Å²) in [6.07, 6.45) is 2.27. The maximum absolute atomic E-state index is 12.5. The minimum absolute atomic E-state index is 0.266. The number of hydrogen-bond donors (Lipinski definition) is 1. The summed E-state index contributed by atoms with van der Waals surface area (Å²) in [6.45, 7) is 3.87. The molecular weight excluding hydrogens is 348 g/mol. The van der Waals surface area contributed by atoms with Crippen LogP contribution in [0.4, 0.5) is 0 Å². The quantitative estimate of drug-likeness (QED) is 0.429. The van der Waals surface area contributed by atoms with E-state index in [-0.39, 0.29) is 5.91 Å². The standard InChI is InChI=1S/C24H26N2O2/c1-3-4-14-23(20-11-6-5-7-12-20)25-26-24(27)18(2)28-22-16-15-19-10-8-9-13-21(19)17-22/h5-13,15-18H,3-4,14H2,1-2H3,(H,26,27)/b25-23+/t18-/m0/s1. The number of fused-ring (bicyclic) bond motifs is 1. The van der Waals surface area contributed by atoms with Gasteiger partial charge in [0.15, 0.2) is 6.10 Å². The predicted octanol–water partition coefficient (Wildman–Crippen LogP) is 5.32. The molecule has 1 N–H and O–H groups in total. The van der Waals surface area contributed by atoms with Crippen LogP contribution in [0.2, 0.25) is 0 Å². The third-order valence-electron chi connectivity index (χ3n) is 4.58. The van der Waals surface area contributed by atoms with Crippen LogP contribution in [0.1, 0.15) is 38.7 Å². The highest BCUT2D eigenvalue weighted by atomic mass is 16.5. The smallest absolute Gasteiger partial charge is 0.280 e. The lowest BCUT2D eigenvalue weighted by Gasteiger charge is -2.14. The van der Waals surface area contributed by atoms with E-state index in [0.29, 0.717) is 5.75 Å². The maximum atomic E-state index is 12.5. The Bertz CT molecular complexity index is 951. The van der Waals surface area contributed by atoms with E-state index < -0.39 is 6.10 Å². The number of nitrogens with one attached hydrogen (secondary N) is 1. The molecule has 0 aliphatic carbocycles. The van der Waals surface area contributed by atoms with E-state index in [1.807, 2.05) is 72.8 Å². The first-order valence-electron chi connectivity index (χ1n) is 9.74. The maximum Gasteiger partial charge on any atom is 0.280 e. The van der Waals surface area contributed by atoms with Gasteiger partial charge in [-0.3, -0.25) is 4.79 Å². The van der Waals surface area contributed by atoms with Gasteiger partial charge in [-0.25, -0.2) is 5.43 Å². The van der Waals surface area contributed by atoms with E-state index in [2.05, 4.69) is 17.5 Å². The van der Waals surface area contributed by atoms with Crippen LogP contribution >= 0.6 is 0 Å². The zero-order valence-corrected chi connectivity index (χ0v) is 16.4. The second-order valence-electron chi connectivity index (χ2n) is 6.77. The van der Waals surface area contributed by atoms with Crippen molar-refractivity contribution in [2.24, 2.45) is 5.10 Å². The molecule has 4 heteroatoms. The fraction of sp³-hybridized carbons (Fsp3) is 0.250. The SMILES string of the molecule is CCCC/C(=N\NC(=O)[C@H](C)Oc1ccc2ccccc2c1)c1ccccc1. The predicted molar refractivity (Wildman–Crippen MR) is 115 cm³/mol. The Morgan fingerprint density at radius 3 is 2.46 bits per heavy atom. The molecule has 3 aromatic carbocycles. The van der Waals surface area contributed by atoms with Crippen molar-refractivity contribution in [3.8, 4) is 5.75 Å². The molecule has 1 atom stereocenters. The summed E-state index contributed by atoms with van der Waals surface area (Å²) in [7, 11) is 0. The van der Waals surface area contributed by atoms with E-state index in [0.717, 1.165) is 41.3 Å². The summed E-state index contributed by atoms with van der Waals surface area (Å²) in [5.74, 6) is 0.401. The lowest BCUT2D eigenvalue weighted by molar-refractivity contribution is -0.127. The molecule has 0 fully saturated rings. The van der Waals surface area contributed by atoms with E-state index in [1.54, 1.807) is 6.92 Å². The van der Waals surface area contributed by atoms with Gasteiger partial charge >= 0.3 is 0 Å². The zero-order chi connectivity index (χ0) is 19.8. The number of ether oxygens (including phenoxy) is 1. The largest absolute Gasteiger partial charge is 0.481 e. The molecule has 0 saturated heterocycles. The van der Waals surface area contributed by atoms with E-state index in [1.165, 1.54) is 0 Å². The molecule has 0 unspecified atom stereocenters. The Hall–Kier alpha value is -3.14. The highest BCUT2D eigenvalue weighted by molar-refractivity contribution is 6.01. The molecule has 1 amide bonds. The molecule has 0 aliphatic rings. The molecule has 28 heavy (non-hydrogen) atoms. The van der Waals surface area contributed by atoms with E-state index >= 15 is 0 Å². The van der Waals surface area contributed by atoms with Crippen molar-refractivity contribution in [1.29, 1.82) is 0 Å². The van der Waals surface area contributed by atoms with E-state index in [4.69, 9.17) is 4.74 Å². The van der Waals surface area contributed by atoms with Crippen LogP contribution in [0.3, 0.4) is 0 Å². The number of unbranched alkanes of at least 4 members (excludes halogenated alkanes) is 1. The van der Waals surface area contributed by atoms with Gasteiger partial charge in [-0.2, -0.15) is 5.10 Å². The van der Waals surface area contributed by atoms with Crippen molar-refractivity contribution in [2.45, 2.75) is 39.2 Å². The van der Waals surface area contributed by atoms with Gasteiger partial charge in [0.05, 0.1) is 5.71 Å². The third kappa shape index (κ3) is 5.19. The van der Waals surface area contributed by atoms with Crippen LogP contribution in [0, 0.1) is 0 Å². The van der Waals surface area contributed by atoms with Crippen molar-refractivity contribution >= 4 is 22.4 Å². The molecule has 144 valence electrons. The Morgan fingerprint density at radius 2 is 1.71 bits per heavy atom. The molecule has 0 spiro atoms. The number of hydrazone groups is 1. The van der Waals surface area contributed by atoms with Gasteiger partial charge in [0.25, 0.3) is 5.91 Å². The van der Waals surface area contributed by atoms with Crippen molar-refractivity contribution in [2.75, 3.05) is 0 Å². The summed E-state index contributed by atoms with van der Waals surface area (Å²) in [6, 6.07) is 23.8. The highest BCUT2D eigenvalue weighted by Gasteiger charge is 2.15. The van der Waals surface area contributed by atoms with Crippen molar-refractivity contribution < 1.29 is 9.53 Å². The number of nitrogens with zero attached hydrogens (tertiary/aromatic N) is 1. The Kier molecular flexibility index (Phi) is 6.79. The monoisotopic (exact) mass is 374 g/mol. The first-order valence-corrected chi connectivity index (χ1v) is 9.74. The zero-order valence-electron chi connectivity index (χ0n) is 16.4. The molecule has 0 aromatic heterocycles. The van der Waals surface area contributed by atoms with Crippen LogP contribution in [0.15, 0.2) is 77.9 Å². The van der Waals surface area contributed by atoms with Crippen LogP contribution < -0.4 is 10.2 Å². The van der Waals surface area contributed by atoms with Gasteiger partial charge in [0.2, 0.25) is 0 Å². The van der Waals surface area contributed by atoms with Crippen LogP contribution in [0.5, 0.6) is 5.75 Å². The second kappa shape index (κ2) is 9.70. The van der Waals surface area contributed by atoms with Gasteiger partial charge in [-0.15, -0.1) is 0 Å². The van der Waals surface area contributed by atoms with Crippen LogP contribution in [-0.2, 0) is 4.79 Å². The highest BCUT2D eigenvalue weighted by Crippen LogP contribution is 2.21. The summed E-state index contributed by atoms with van der Waals surface area (Å²) < 4.78 is 5.82. The van der Waals surface area contributed by atoms with Gasteiger partial charge in [-0.05, 0) is 48.2 Å². The fourth-order valence-electron chi connectivity index (χ4n) is 2.95. The molecule has 0 heterocycles. The van der Waals surface area contributed by atoms with Crippen LogP contribution in [-0.4, -0.2) is 17.7 Å². The molecule has 3 aromatic rings. The van der Waals surface area contributed by atoms with Gasteiger partial charge < -0.3 is 4.74 Å². The van der Waals surface area contributed by atoms with Crippen molar-refractivity contribution in [3.63, 3.8) is 0 Å². The average Bonchev–Trinajstić information content (AvgIpc) is 2.74. The molecule has 0 saturated carbocycles. The fourth-order valence-corrected chi connectivity index (χ4v) is 2.95. The van der Waals surface area contributed by atoms with Crippen LogP contribution in [0.25, 0.3) is 10.8 Å². The number of benzene rings is 3. The first kappa shape index (κ1) is 19.6. The van der Waals surface area contributed by atoms with E-state index in [9.17, 15) is 4.79 Å². The van der Waals surface area contributed by atoms with Gasteiger partial charge in [0, 0.05) is 0 Å². The normalized spacial score (nSPS) is 12.6. The molecular formula is C24H26N2O2. The number of carbonyl (C=O) groups excluding carboxylic acids is 1. The first-order chi connectivity index (χ1) is 13.7. The molecule has 4 nitrogen and oxygen atoms in total. The summed E-state index contributed by atoms with van der Waals surface area (Å²) in [4.78, 5) is 12.5. The second-order valence-corrected chi connectivity index (χ2v) is 6.77. The Balaban J connectivity index is 1.66. The average molecular weight is 374 g/mol. The minimum atomic E-state index is -0.645. The summed E-state index contributed by atoms with van der Waals surface area (Å²) >= 11 is 0. The van der Waals surface area contributed by atoms with Gasteiger partial charge in [-0.1, -0.05) is 74.0 Å². The third-order valence-corrected chi connectivity index (χ3v) is 4.58. The molecule has 3 rings (SSSR count). The topological polar surface area (TPSA) is 50.7 Å². The lowest BCUT2D eigenvalue weighted by Crippen LogP contribution is -2.34. The Morgan fingerprint density at radius 1 is 1.00 bits per heavy atom. The number of carbonyl (C=O) groups is 1. The minimum Gasteiger partial charge on any atom is -0.481 e. The van der Waals surface area contributed by atoms with Crippen molar-refractivity contribution in [3.05, 3.63) is 78.4 Å². The number of amides is 1.